The summed E-state index contributed by atoms with van der Waals surface area (Å²) in [5, 5.41) is 9.10. The number of hydrogen-bond donors (Lipinski definition) is 1. The van der Waals surface area contributed by atoms with Gasteiger partial charge in [0.15, 0.2) is 12.0 Å². The summed E-state index contributed by atoms with van der Waals surface area (Å²) in [4.78, 5) is 13.8. The van der Waals surface area contributed by atoms with Crippen LogP contribution >= 0.6 is 22.6 Å². The number of nitrogens with zero attached hydrogens (tertiary/aromatic N) is 1. The predicted octanol–water partition coefficient (Wildman–Crippen LogP) is 1.20. The van der Waals surface area contributed by atoms with Crippen LogP contribution in [0.4, 0.5) is 0 Å². The molecule has 0 aliphatic carbocycles. The third-order valence-corrected chi connectivity index (χ3v) is 1.89. The van der Waals surface area contributed by atoms with Gasteiger partial charge >= 0.3 is 0 Å². The Balaban J connectivity index is 3.27. The SMILES string of the molecule is O=Cc1nccc(I)c1O. The van der Waals surface area contributed by atoms with Gasteiger partial charge in [-0.3, -0.25) is 4.79 Å². The molecule has 0 atom stereocenters. The molecule has 52 valence electrons. The maximum Gasteiger partial charge on any atom is 0.172 e. The van der Waals surface area contributed by atoms with E-state index in [1.165, 1.54) is 6.20 Å². The average Bonchev–Trinajstić information content (AvgIpc) is 1.95. The van der Waals surface area contributed by atoms with Crippen LogP contribution in [-0.2, 0) is 0 Å². The zero-order valence-electron chi connectivity index (χ0n) is 4.91. The summed E-state index contributed by atoms with van der Waals surface area (Å²) in [6.07, 6.45) is 2.00. The number of pyridine rings is 1. The molecule has 1 aromatic rings. The fraction of sp³-hybridized carbons (Fsp3) is 0. The van der Waals surface area contributed by atoms with Crippen LogP contribution in [-0.4, -0.2) is 16.4 Å². The molecule has 0 saturated carbocycles. The van der Waals surface area contributed by atoms with E-state index in [-0.39, 0.29) is 11.4 Å². The quantitative estimate of drug-likeness (QED) is 0.601. The Morgan fingerprint density at radius 3 is 2.90 bits per heavy atom. The monoisotopic (exact) mass is 249 g/mol. The number of carbonyl (C=O) groups excluding carboxylic acids is 1. The van der Waals surface area contributed by atoms with E-state index in [0.29, 0.717) is 9.86 Å². The maximum absolute atomic E-state index is 10.2. The minimum Gasteiger partial charge on any atom is -0.505 e. The van der Waals surface area contributed by atoms with E-state index >= 15 is 0 Å². The third-order valence-electron chi connectivity index (χ3n) is 1.01. The molecule has 3 nitrogen and oxygen atoms in total. The van der Waals surface area contributed by atoms with E-state index in [9.17, 15) is 4.79 Å². The lowest BCUT2D eigenvalue weighted by Crippen LogP contribution is -1.87. The van der Waals surface area contributed by atoms with E-state index in [4.69, 9.17) is 5.11 Å². The summed E-state index contributed by atoms with van der Waals surface area (Å²) in [5.74, 6) is -0.0434. The fourth-order valence-electron chi connectivity index (χ4n) is 0.532. The van der Waals surface area contributed by atoms with Crippen LogP contribution in [0.15, 0.2) is 12.3 Å². The molecule has 0 amide bonds. The van der Waals surface area contributed by atoms with Crippen molar-refractivity contribution in [2.45, 2.75) is 0 Å². The Bertz CT molecular complexity index is 262. The fourth-order valence-corrected chi connectivity index (χ4v) is 0.969. The highest BCUT2D eigenvalue weighted by Gasteiger charge is 2.02. The van der Waals surface area contributed by atoms with Crippen LogP contribution in [0, 0.1) is 3.57 Å². The van der Waals surface area contributed by atoms with E-state index in [1.54, 1.807) is 6.07 Å². The van der Waals surface area contributed by atoms with Gasteiger partial charge in [-0.05, 0) is 28.7 Å². The Kier molecular flexibility index (Phi) is 2.21. The molecular weight excluding hydrogens is 245 g/mol. The number of carbonyl (C=O) groups is 1. The molecule has 0 aliphatic heterocycles. The van der Waals surface area contributed by atoms with Crippen molar-refractivity contribution in [1.29, 1.82) is 0 Å². The second-order valence-electron chi connectivity index (χ2n) is 1.64. The Morgan fingerprint density at radius 2 is 2.40 bits per heavy atom. The first-order chi connectivity index (χ1) is 4.75. The van der Waals surface area contributed by atoms with Crippen LogP contribution in [0.5, 0.6) is 5.75 Å². The van der Waals surface area contributed by atoms with Gasteiger partial charge in [0.25, 0.3) is 0 Å². The van der Waals surface area contributed by atoms with E-state index in [1.807, 2.05) is 22.6 Å². The first-order valence-electron chi connectivity index (χ1n) is 2.54. The zero-order chi connectivity index (χ0) is 7.56. The van der Waals surface area contributed by atoms with Crippen molar-refractivity contribution >= 4 is 28.9 Å². The molecule has 1 heterocycles. The van der Waals surface area contributed by atoms with E-state index in [2.05, 4.69) is 4.98 Å². The average molecular weight is 249 g/mol. The first kappa shape index (κ1) is 7.46. The molecule has 0 unspecified atom stereocenters. The Labute approximate surface area is 71.2 Å². The van der Waals surface area contributed by atoms with Crippen LogP contribution in [0.2, 0.25) is 0 Å². The molecule has 0 radical (unpaired) electrons. The molecule has 10 heavy (non-hydrogen) atoms. The number of halogens is 1. The van der Waals surface area contributed by atoms with Crippen molar-refractivity contribution in [3.63, 3.8) is 0 Å². The van der Waals surface area contributed by atoms with Gasteiger partial charge in [-0.2, -0.15) is 0 Å². The molecule has 0 saturated heterocycles. The van der Waals surface area contributed by atoms with Crippen LogP contribution in [0.25, 0.3) is 0 Å². The van der Waals surface area contributed by atoms with Gasteiger partial charge in [0, 0.05) is 6.20 Å². The second-order valence-corrected chi connectivity index (χ2v) is 2.81. The normalized spacial score (nSPS) is 9.30. The summed E-state index contributed by atoms with van der Waals surface area (Å²) in [6.45, 7) is 0. The maximum atomic E-state index is 10.2. The molecule has 0 spiro atoms. The topological polar surface area (TPSA) is 50.2 Å². The van der Waals surface area contributed by atoms with Crippen LogP contribution < -0.4 is 0 Å². The Hall–Kier alpha value is -0.650. The van der Waals surface area contributed by atoms with Gasteiger partial charge in [-0.15, -0.1) is 0 Å². The largest absolute Gasteiger partial charge is 0.505 e. The van der Waals surface area contributed by atoms with Gasteiger partial charge in [-0.1, -0.05) is 0 Å². The molecule has 0 aromatic carbocycles. The van der Waals surface area contributed by atoms with Crippen molar-refractivity contribution in [3.05, 3.63) is 21.5 Å². The lowest BCUT2D eigenvalue weighted by Gasteiger charge is -1.95. The van der Waals surface area contributed by atoms with Gasteiger partial charge in [0.1, 0.15) is 5.69 Å². The standard InChI is InChI=1S/C6H4INO2/c7-4-1-2-8-5(3-9)6(4)10/h1-3,10H. The van der Waals surface area contributed by atoms with Crippen molar-refractivity contribution in [2.24, 2.45) is 0 Å². The lowest BCUT2D eigenvalue weighted by atomic mass is 10.3. The van der Waals surface area contributed by atoms with Gasteiger partial charge < -0.3 is 5.11 Å². The molecule has 0 aliphatic rings. The molecule has 1 N–H and O–H groups in total. The molecule has 1 rings (SSSR count). The number of aromatic hydroxyl groups is 1. The van der Waals surface area contributed by atoms with Gasteiger partial charge in [0.2, 0.25) is 0 Å². The number of aldehydes is 1. The van der Waals surface area contributed by atoms with Crippen LogP contribution in [0.3, 0.4) is 0 Å². The molecule has 0 bridgehead atoms. The molecular formula is C6H4INO2. The number of rotatable bonds is 1. The lowest BCUT2D eigenvalue weighted by molar-refractivity contribution is 0.111. The number of hydrogen-bond acceptors (Lipinski definition) is 3. The number of aromatic nitrogens is 1. The summed E-state index contributed by atoms with van der Waals surface area (Å²) in [7, 11) is 0. The minimum absolute atomic E-state index is 0.0434. The van der Waals surface area contributed by atoms with E-state index < -0.39 is 0 Å². The summed E-state index contributed by atoms with van der Waals surface area (Å²) in [5.41, 5.74) is 0.0897. The highest BCUT2D eigenvalue weighted by molar-refractivity contribution is 14.1. The van der Waals surface area contributed by atoms with Gasteiger partial charge in [-0.25, -0.2) is 4.98 Å². The summed E-state index contributed by atoms with van der Waals surface area (Å²) in [6, 6.07) is 1.63. The predicted molar refractivity (Wildman–Crippen MR) is 44.0 cm³/mol. The summed E-state index contributed by atoms with van der Waals surface area (Å²) < 4.78 is 0.634. The first-order valence-corrected chi connectivity index (χ1v) is 3.62. The van der Waals surface area contributed by atoms with E-state index in [0.717, 1.165) is 0 Å². The highest BCUT2D eigenvalue weighted by atomic mass is 127. The zero-order valence-corrected chi connectivity index (χ0v) is 7.07. The van der Waals surface area contributed by atoms with Crippen molar-refractivity contribution < 1.29 is 9.90 Å². The van der Waals surface area contributed by atoms with Gasteiger partial charge in [0.05, 0.1) is 3.57 Å². The minimum atomic E-state index is -0.0434. The van der Waals surface area contributed by atoms with Crippen molar-refractivity contribution in [3.8, 4) is 5.75 Å². The van der Waals surface area contributed by atoms with Crippen molar-refractivity contribution in [1.82, 2.24) is 4.98 Å². The molecule has 0 fully saturated rings. The van der Waals surface area contributed by atoms with Crippen molar-refractivity contribution in [2.75, 3.05) is 0 Å². The smallest absolute Gasteiger partial charge is 0.172 e. The van der Waals surface area contributed by atoms with Crippen LogP contribution in [0.1, 0.15) is 10.5 Å². The summed E-state index contributed by atoms with van der Waals surface area (Å²) >= 11 is 1.92. The molecule has 4 heteroatoms. The third kappa shape index (κ3) is 1.26. The Morgan fingerprint density at radius 1 is 1.70 bits per heavy atom. The molecule has 1 aromatic heterocycles. The second kappa shape index (κ2) is 2.96. The highest BCUT2D eigenvalue weighted by Crippen LogP contribution is 2.19.